The number of benzene rings is 6. The Morgan fingerprint density at radius 3 is 0.827 bits per heavy atom. The first-order chi connectivity index (χ1) is 24.5. The van der Waals surface area contributed by atoms with Crippen molar-refractivity contribution in [1.29, 1.82) is 0 Å². The SMILES string of the molecule is C/C(=N\N=C(/N)O)c1ccc2ccccc2c1.C/C(=N\N=C(/N)O)c1ccc2ccccc2c1.C/C(=N\N=C(/N)O)c1ccc2ccccc2c1.[Ru]. The van der Waals surface area contributed by atoms with E-state index in [0.717, 1.165) is 32.8 Å². The molecule has 52 heavy (non-hydrogen) atoms. The Morgan fingerprint density at radius 2 is 0.596 bits per heavy atom. The average Bonchev–Trinajstić information content (AvgIpc) is 3.14. The second-order valence-corrected chi connectivity index (χ2v) is 11.1. The maximum atomic E-state index is 8.74. The largest absolute Gasteiger partial charge is 0.480 e. The van der Waals surface area contributed by atoms with Crippen LogP contribution >= 0.6 is 0 Å². The summed E-state index contributed by atoms with van der Waals surface area (Å²) in [6.07, 6.45) is 0. The minimum Gasteiger partial charge on any atom is -0.480 e. The fourth-order valence-electron chi connectivity index (χ4n) is 4.79. The third-order valence-corrected chi connectivity index (χ3v) is 7.41. The minimum absolute atomic E-state index is 0. The molecule has 0 atom stereocenters. The summed E-state index contributed by atoms with van der Waals surface area (Å²) in [4.78, 5) is 0. The van der Waals surface area contributed by atoms with Crippen LogP contribution in [-0.4, -0.2) is 50.5 Å². The van der Waals surface area contributed by atoms with Gasteiger partial charge in [0.05, 0.1) is 17.1 Å². The molecule has 6 aromatic carbocycles. The molecule has 0 radical (unpaired) electrons. The van der Waals surface area contributed by atoms with Gasteiger partial charge in [-0.15, -0.1) is 0 Å². The molecule has 9 N–H and O–H groups in total. The molecule has 0 unspecified atom stereocenters. The summed E-state index contributed by atoms with van der Waals surface area (Å²) in [6.45, 7) is 5.45. The molecule has 6 rings (SSSR count). The summed E-state index contributed by atoms with van der Waals surface area (Å²) in [6, 6.07) is 40.7. The van der Waals surface area contributed by atoms with Gasteiger partial charge >= 0.3 is 18.1 Å². The molecule has 13 heteroatoms. The van der Waals surface area contributed by atoms with Gasteiger partial charge in [0.2, 0.25) is 0 Å². The Balaban J connectivity index is 0.000000208. The van der Waals surface area contributed by atoms with Gasteiger partial charge in [0.25, 0.3) is 0 Å². The van der Waals surface area contributed by atoms with Gasteiger partial charge in [-0.05, 0) is 88.0 Å². The van der Waals surface area contributed by atoms with Crippen molar-refractivity contribution >= 4 is 67.5 Å². The smallest absolute Gasteiger partial charge is 0.303 e. The summed E-state index contributed by atoms with van der Waals surface area (Å²) in [5.74, 6) is 0. The number of hydrogen-bond acceptors (Lipinski definition) is 6. The van der Waals surface area contributed by atoms with Crippen molar-refractivity contribution in [2.75, 3.05) is 0 Å². The van der Waals surface area contributed by atoms with Crippen molar-refractivity contribution in [2.24, 2.45) is 47.8 Å². The molecule has 0 aliphatic rings. The van der Waals surface area contributed by atoms with Crippen LogP contribution in [0.25, 0.3) is 32.3 Å². The van der Waals surface area contributed by atoms with Gasteiger partial charge < -0.3 is 32.5 Å². The van der Waals surface area contributed by atoms with Crippen molar-refractivity contribution in [3.05, 3.63) is 144 Å². The van der Waals surface area contributed by atoms with Gasteiger partial charge in [-0.2, -0.15) is 15.3 Å². The van der Waals surface area contributed by atoms with Crippen LogP contribution in [0.1, 0.15) is 37.5 Å². The number of hydrogen-bond donors (Lipinski definition) is 6. The first-order valence-electron chi connectivity index (χ1n) is 15.7. The maximum absolute atomic E-state index is 8.74. The van der Waals surface area contributed by atoms with Crippen LogP contribution in [0.2, 0.25) is 0 Å². The third kappa shape index (κ3) is 12.1. The fourth-order valence-corrected chi connectivity index (χ4v) is 4.79. The number of aliphatic hydroxyl groups excluding tert-OH is 3. The maximum Gasteiger partial charge on any atom is 0.303 e. The summed E-state index contributed by atoms with van der Waals surface area (Å²) < 4.78 is 0. The predicted octanol–water partition coefficient (Wildman–Crippen LogP) is 7.31. The Bertz CT molecular complexity index is 2060. The van der Waals surface area contributed by atoms with Crippen LogP contribution < -0.4 is 17.2 Å². The average molecular weight is 783 g/mol. The first-order valence-corrected chi connectivity index (χ1v) is 15.7. The summed E-state index contributed by atoms with van der Waals surface area (Å²) in [5, 5.41) is 54.9. The Hall–Kier alpha value is -6.46. The molecule has 0 bridgehead atoms. The van der Waals surface area contributed by atoms with E-state index in [1.54, 1.807) is 0 Å². The number of amidine groups is 3. The molecule has 0 aliphatic heterocycles. The van der Waals surface area contributed by atoms with Crippen molar-refractivity contribution in [2.45, 2.75) is 20.8 Å². The standard InChI is InChI=1S/3C13H13N3O.Ru/c3*1-9(15-16-13(14)17)11-7-6-10-4-2-3-5-12(10)8-11;/h3*2-8H,1H3,(H3,14,16,17);/b3*15-9+;. The zero-order valence-electron chi connectivity index (χ0n) is 28.7. The Kier molecular flexibility index (Phi) is 15.1. The van der Waals surface area contributed by atoms with E-state index in [9.17, 15) is 0 Å². The van der Waals surface area contributed by atoms with E-state index in [4.69, 9.17) is 32.5 Å². The van der Waals surface area contributed by atoms with Crippen molar-refractivity contribution in [3.63, 3.8) is 0 Å². The zero-order chi connectivity index (χ0) is 36.8. The molecular formula is C39H39N9O3Ru. The fraction of sp³-hybridized carbons (Fsp3) is 0.0769. The summed E-state index contributed by atoms with van der Waals surface area (Å²) in [7, 11) is 0. The monoisotopic (exact) mass is 783 g/mol. The van der Waals surface area contributed by atoms with Crippen molar-refractivity contribution < 1.29 is 34.8 Å². The second-order valence-electron chi connectivity index (χ2n) is 11.1. The number of fused-ring (bicyclic) bond motifs is 3. The quantitative estimate of drug-likeness (QED) is 0.0441. The van der Waals surface area contributed by atoms with Crippen LogP contribution in [0.5, 0.6) is 0 Å². The number of nitrogens with two attached hydrogens (primary N) is 3. The zero-order valence-corrected chi connectivity index (χ0v) is 30.5. The molecule has 0 amide bonds. The molecule has 6 aromatic rings. The molecular weight excluding hydrogens is 744 g/mol. The van der Waals surface area contributed by atoms with E-state index < -0.39 is 18.1 Å². The van der Waals surface area contributed by atoms with Gasteiger partial charge in [-0.3, -0.25) is 0 Å². The Labute approximate surface area is 313 Å². The van der Waals surface area contributed by atoms with Gasteiger partial charge in [0.15, 0.2) is 0 Å². The van der Waals surface area contributed by atoms with E-state index in [1.165, 1.54) is 16.2 Å². The Morgan fingerprint density at radius 1 is 0.365 bits per heavy atom. The molecule has 0 spiro atoms. The van der Waals surface area contributed by atoms with Gasteiger partial charge in [-0.25, -0.2) is 0 Å². The third-order valence-electron chi connectivity index (χ3n) is 7.41. The van der Waals surface area contributed by atoms with E-state index in [0.29, 0.717) is 17.1 Å². The number of nitrogens with zero attached hydrogens (tertiary/aromatic N) is 6. The van der Waals surface area contributed by atoms with Crippen LogP contribution in [0, 0.1) is 0 Å². The summed E-state index contributed by atoms with van der Waals surface area (Å²) >= 11 is 0. The topological polar surface area (TPSA) is 213 Å². The first kappa shape index (κ1) is 40.0. The van der Waals surface area contributed by atoms with Gasteiger partial charge in [0.1, 0.15) is 0 Å². The molecule has 0 aliphatic carbocycles. The molecule has 0 fully saturated rings. The van der Waals surface area contributed by atoms with E-state index in [1.807, 2.05) is 130 Å². The van der Waals surface area contributed by atoms with E-state index in [-0.39, 0.29) is 19.5 Å². The molecule has 0 saturated carbocycles. The second kappa shape index (κ2) is 19.7. The van der Waals surface area contributed by atoms with Crippen LogP contribution in [0.4, 0.5) is 0 Å². The minimum atomic E-state index is -0.537. The summed E-state index contributed by atoms with van der Waals surface area (Å²) in [5.41, 5.74) is 20.0. The van der Waals surface area contributed by atoms with Crippen LogP contribution in [0.3, 0.4) is 0 Å². The normalized spacial score (nSPS) is 12.8. The van der Waals surface area contributed by atoms with Crippen LogP contribution in [0.15, 0.2) is 158 Å². The van der Waals surface area contributed by atoms with Crippen molar-refractivity contribution in [3.8, 4) is 0 Å². The number of rotatable bonds is 6. The van der Waals surface area contributed by atoms with E-state index >= 15 is 0 Å². The van der Waals surface area contributed by atoms with Gasteiger partial charge in [-0.1, -0.05) is 124 Å². The van der Waals surface area contributed by atoms with Gasteiger partial charge in [0, 0.05) is 19.5 Å². The van der Waals surface area contributed by atoms with Crippen molar-refractivity contribution in [1.82, 2.24) is 0 Å². The molecule has 0 heterocycles. The molecule has 12 nitrogen and oxygen atoms in total. The molecule has 0 aromatic heterocycles. The number of aliphatic hydroxyl groups is 3. The molecule has 0 saturated heterocycles. The van der Waals surface area contributed by atoms with Crippen LogP contribution in [-0.2, 0) is 19.5 Å². The molecule has 266 valence electrons. The van der Waals surface area contributed by atoms with E-state index in [2.05, 4.69) is 48.8 Å². The predicted molar refractivity (Wildman–Crippen MR) is 211 cm³/mol.